The number of anilines is 4. The molecule has 0 aliphatic rings. The lowest BCUT2D eigenvalue weighted by Crippen LogP contribution is -2.13. The Morgan fingerprint density at radius 2 is 1.77 bits per heavy atom. The summed E-state index contributed by atoms with van der Waals surface area (Å²) in [5, 5.41) is 14.0. The number of aromatic nitrogens is 4. The third-order valence-corrected chi connectivity index (χ3v) is 5.04. The molecular formula is C16H17N7OS2. The van der Waals surface area contributed by atoms with Crippen molar-refractivity contribution in [3.8, 4) is 0 Å². The number of carbonyl (C=O) groups excluding carboxylic acids is 1. The summed E-state index contributed by atoms with van der Waals surface area (Å²) in [6.45, 7) is 3.85. The van der Waals surface area contributed by atoms with Crippen LogP contribution in [0.15, 0.2) is 34.7 Å². The first kappa shape index (κ1) is 18.1. The standard InChI is InChI=1S/C16H17N7OS2/c1-9-7-10(2)19-15(18-9)21-12-5-3-11(4-6-12)20-13(24)8-25-16-23-22-14(17)26-16/h3-7H,8H2,1-2H3,(H2,17,22)(H,20,24)(H,18,19,21). The molecule has 26 heavy (non-hydrogen) atoms. The van der Waals surface area contributed by atoms with Crippen LogP contribution in [0.4, 0.5) is 22.5 Å². The van der Waals surface area contributed by atoms with Crippen LogP contribution in [0.2, 0.25) is 0 Å². The van der Waals surface area contributed by atoms with Gasteiger partial charge in [-0.3, -0.25) is 4.79 Å². The number of amides is 1. The molecule has 1 amide bonds. The van der Waals surface area contributed by atoms with Crippen molar-refractivity contribution >= 4 is 51.5 Å². The van der Waals surface area contributed by atoms with Crippen molar-refractivity contribution in [1.29, 1.82) is 0 Å². The predicted octanol–water partition coefficient (Wildman–Crippen LogP) is 3.00. The molecular weight excluding hydrogens is 370 g/mol. The number of rotatable bonds is 6. The first-order valence-corrected chi connectivity index (χ1v) is 9.49. The third-order valence-electron chi connectivity index (χ3n) is 3.16. The number of nitrogens with two attached hydrogens (primary N) is 1. The number of nitrogens with zero attached hydrogens (tertiary/aromatic N) is 4. The van der Waals surface area contributed by atoms with E-state index in [-0.39, 0.29) is 11.7 Å². The molecule has 8 nitrogen and oxygen atoms in total. The molecule has 0 aliphatic heterocycles. The summed E-state index contributed by atoms with van der Waals surface area (Å²) in [6, 6.07) is 9.26. The number of hydrogen-bond donors (Lipinski definition) is 3. The lowest BCUT2D eigenvalue weighted by atomic mass is 10.3. The highest BCUT2D eigenvalue weighted by molar-refractivity contribution is 8.01. The van der Waals surface area contributed by atoms with Crippen LogP contribution in [0, 0.1) is 13.8 Å². The van der Waals surface area contributed by atoms with Gasteiger partial charge in [-0.25, -0.2) is 9.97 Å². The number of carbonyl (C=O) groups is 1. The van der Waals surface area contributed by atoms with Crippen LogP contribution in [0.25, 0.3) is 0 Å². The minimum absolute atomic E-state index is 0.123. The maximum atomic E-state index is 12.0. The SMILES string of the molecule is Cc1cc(C)nc(Nc2ccc(NC(=O)CSc3nnc(N)s3)cc2)n1. The zero-order valence-electron chi connectivity index (χ0n) is 14.2. The summed E-state index contributed by atoms with van der Waals surface area (Å²) >= 11 is 2.56. The van der Waals surface area contributed by atoms with Crippen LogP contribution in [0.1, 0.15) is 11.4 Å². The molecule has 0 atom stereocenters. The Morgan fingerprint density at radius 1 is 1.12 bits per heavy atom. The number of nitrogen functional groups attached to an aromatic ring is 1. The van der Waals surface area contributed by atoms with Crippen molar-refractivity contribution in [2.75, 3.05) is 22.1 Å². The average Bonchev–Trinajstić information content (AvgIpc) is 2.99. The molecule has 4 N–H and O–H groups in total. The minimum atomic E-state index is -0.123. The van der Waals surface area contributed by atoms with Crippen LogP contribution in [-0.4, -0.2) is 31.8 Å². The van der Waals surface area contributed by atoms with E-state index in [0.29, 0.717) is 21.1 Å². The van der Waals surface area contributed by atoms with Crippen molar-refractivity contribution in [3.05, 3.63) is 41.7 Å². The van der Waals surface area contributed by atoms with Crippen molar-refractivity contribution in [2.24, 2.45) is 0 Å². The van der Waals surface area contributed by atoms with Gasteiger partial charge in [0.05, 0.1) is 5.75 Å². The van der Waals surface area contributed by atoms with Gasteiger partial charge in [-0.15, -0.1) is 10.2 Å². The lowest BCUT2D eigenvalue weighted by molar-refractivity contribution is -0.113. The maximum Gasteiger partial charge on any atom is 0.234 e. The predicted molar refractivity (Wildman–Crippen MR) is 105 cm³/mol. The molecule has 3 rings (SSSR count). The zero-order valence-corrected chi connectivity index (χ0v) is 15.8. The summed E-state index contributed by atoms with van der Waals surface area (Å²) in [7, 11) is 0. The molecule has 0 bridgehead atoms. The van der Waals surface area contributed by atoms with E-state index < -0.39 is 0 Å². The van der Waals surface area contributed by atoms with Gasteiger partial charge >= 0.3 is 0 Å². The van der Waals surface area contributed by atoms with E-state index in [2.05, 4.69) is 30.8 Å². The van der Waals surface area contributed by atoms with Crippen LogP contribution in [0.5, 0.6) is 0 Å². The van der Waals surface area contributed by atoms with E-state index in [9.17, 15) is 4.79 Å². The van der Waals surface area contributed by atoms with Crippen LogP contribution < -0.4 is 16.4 Å². The molecule has 10 heteroatoms. The van der Waals surface area contributed by atoms with Gasteiger partial charge in [-0.1, -0.05) is 23.1 Å². The molecule has 0 unspecified atom stereocenters. The lowest BCUT2D eigenvalue weighted by Gasteiger charge is -2.08. The maximum absolute atomic E-state index is 12.0. The summed E-state index contributed by atoms with van der Waals surface area (Å²) in [6.07, 6.45) is 0. The normalized spacial score (nSPS) is 10.5. The molecule has 0 saturated carbocycles. The minimum Gasteiger partial charge on any atom is -0.374 e. The highest BCUT2D eigenvalue weighted by Crippen LogP contribution is 2.23. The fourth-order valence-corrected chi connectivity index (χ4v) is 3.59. The van der Waals surface area contributed by atoms with E-state index in [0.717, 1.165) is 17.1 Å². The Labute approximate surface area is 158 Å². The molecule has 0 fully saturated rings. The van der Waals surface area contributed by atoms with Gasteiger partial charge in [-0.05, 0) is 44.2 Å². The second kappa shape index (κ2) is 8.11. The van der Waals surface area contributed by atoms with Crippen molar-refractivity contribution in [2.45, 2.75) is 18.2 Å². The Hall–Kier alpha value is -2.72. The fourth-order valence-electron chi connectivity index (χ4n) is 2.15. The molecule has 0 spiro atoms. The molecule has 134 valence electrons. The van der Waals surface area contributed by atoms with Crippen LogP contribution >= 0.6 is 23.1 Å². The molecule has 0 radical (unpaired) electrons. The second-order valence-corrected chi connectivity index (χ2v) is 7.65. The van der Waals surface area contributed by atoms with Gasteiger partial charge in [0.25, 0.3) is 0 Å². The molecule has 2 aromatic heterocycles. The third kappa shape index (κ3) is 5.14. The quantitative estimate of drug-likeness (QED) is 0.552. The van der Waals surface area contributed by atoms with E-state index in [4.69, 9.17) is 5.73 Å². The summed E-state index contributed by atoms with van der Waals surface area (Å²) in [5.41, 5.74) is 8.86. The van der Waals surface area contributed by atoms with E-state index in [1.807, 2.05) is 44.2 Å². The van der Waals surface area contributed by atoms with Crippen molar-refractivity contribution in [3.63, 3.8) is 0 Å². The Bertz CT molecular complexity index is 891. The average molecular weight is 387 g/mol. The first-order valence-electron chi connectivity index (χ1n) is 7.69. The smallest absolute Gasteiger partial charge is 0.234 e. The highest BCUT2D eigenvalue weighted by atomic mass is 32.2. The number of nitrogens with one attached hydrogen (secondary N) is 2. The Morgan fingerprint density at radius 3 is 2.38 bits per heavy atom. The largest absolute Gasteiger partial charge is 0.374 e. The molecule has 2 heterocycles. The van der Waals surface area contributed by atoms with Gasteiger partial charge in [0.1, 0.15) is 0 Å². The Balaban J connectivity index is 1.54. The molecule has 3 aromatic rings. The van der Waals surface area contributed by atoms with Gasteiger partial charge in [-0.2, -0.15) is 0 Å². The zero-order chi connectivity index (χ0) is 18.5. The topological polar surface area (TPSA) is 119 Å². The highest BCUT2D eigenvalue weighted by Gasteiger charge is 2.07. The van der Waals surface area contributed by atoms with Gasteiger partial charge in [0.2, 0.25) is 17.0 Å². The van der Waals surface area contributed by atoms with Gasteiger partial charge in [0, 0.05) is 22.8 Å². The van der Waals surface area contributed by atoms with Gasteiger partial charge < -0.3 is 16.4 Å². The Kier molecular flexibility index (Phi) is 5.64. The van der Waals surface area contributed by atoms with E-state index in [1.54, 1.807) is 0 Å². The summed E-state index contributed by atoms with van der Waals surface area (Å²) in [5.74, 6) is 0.666. The summed E-state index contributed by atoms with van der Waals surface area (Å²) in [4.78, 5) is 20.7. The van der Waals surface area contributed by atoms with E-state index in [1.165, 1.54) is 23.1 Å². The van der Waals surface area contributed by atoms with Crippen LogP contribution in [0.3, 0.4) is 0 Å². The number of thioether (sulfide) groups is 1. The summed E-state index contributed by atoms with van der Waals surface area (Å²) < 4.78 is 0.672. The second-order valence-electron chi connectivity index (χ2n) is 5.42. The van der Waals surface area contributed by atoms with Crippen molar-refractivity contribution < 1.29 is 4.79 Å². The van der Waals surface area contributed by atoms with E-state index >= 15 is 0 Å². The van der Waals surface area contributed by atoms with Crippen molar-refractivity contribution in [1.82, 2.24) is 20.2 Å². The molecule has 0 saturated heterocycles. The number of aryl methyl sites for hydroxylation is 2. The molecule has 1 aromatic carbocycles. The number of hydrogen-bond acceptors (Lipinski definition) is 9. The van der Waals surface area contributed by atoms with Gasteiger partial charge in [0.15, 0.2) is 4.34 Å². The van der Waals surface area contributed by atoms with Crippen LogP contribution in [-0.2, 0) is 4.79 Å². The number of benzene rings is 1. The molecule has 0 aliphatic carbocycles. The first-order chi connectivity index (χ1) is 12.5. The fraction of sp³-hybridized carbons (Fsp3) is 0.188. The monoisotopic (exact) mass is 387 g/mol.